The van der Waals surface area contributed by atoms with Crippen molar-refractivity contribution in [1.82, 2.24) is 5.32 Å². The Morgan fingerprint density at radius 1 is 1.10 bits per heavy atom. The molecule has 0 aliphatic carbocycles. The highest BCUT2D eigenvalue weighted by atomic mass is 35.5. The highest BCUT2D eigenvalue weighted by molar-refractivity contribution is 6.32. The van der Waals surface area contributed by atoms with E-state index in [2.05, 4.69) is 5.32 Å². The number of hydrogen-bond donors (Lipinski definition) is 1. The van der Waals surface area contributed by atoms with Gasteiger partial charge >= 0.3 is 0 Å². The first-order chi connectivity index (χ1) is 9.95. The molecule has 0 aliphatic rings. The highest BCUT2D eigenvalue weighted by Gasteiger charge is 2.20. The largest absolute Gasteiger partial charge is 0.306 e. The van der Waals surface area contributed by atoms with Gasteiger partial charge in [-0.1, -0.05) is 42.3 Å². The summed E-state index contributed by atoms with van der Waals surface area (Å²) < 4.78 is 13.6. The van der Waals surface area contributed by atoms with E-state index in [1.807, 2.05) is 32.0 Å². The van der Waals surface area contributed by atoms with E-state index in [0.29, 0.717) is 15.6 Å². The van der Waals surface area contributed by atoms with Crippen LogP contribution in [0.15, 0.2) is 30.3 Å². The third kappa shape index (κ3) is 3.39. The first-order valence-corrected chi connectivity index (χ1v) is 7.65. The Morgan fingerprint density at radius 2 is 1.81 bits per heavy atom. The van der Waals surface area contributed by atoms with Crippen LogP contribution in [-0.2, 0) is 0 Å². The highest BCUT2D eigenvalue weighted by Crippen LogP contribution is 2.33. The molecule has 0 aliphatic heterocycles. The SMILES string of the molecule is CCNC(c1cc(C)c(F)cc1Cl)c1cccc(Cl)c1C. The molecule has 0 bridgehead atoms. The van der Waals surface area contributed by atoms with Gasteiger partial charge in [0, 0.05) is 10.0 Å². The summed E-state index contributed by atoms with van der Waals surface area (Å²) in [4.78, 5) is 0. The second-order valence-corrected chi connectivity index (χ2v) is 5.88. The molecule has 2 rings (SSSR count). The van der Waals surface area contributed by atoms with Crippen molar-refractivity contribution in [3.63, 3.8) is 0 Å². The molecule has 2 aromatic carbocycles. The molecule has 0 radical (unpaired) electrons. The lowest BCUT2D eigenvalue weighted by atomic mass is 9.93. The summed E-state index contributed by atoms with van der Waals surface area (Å²) in [6.45, 7) is 6.51. The molecule has 21 heavy (non-hydrogen) atoms. The molecule has 112 valence electrons. The van der Waals surface area contributed by atoms with Crippen LogP contribution < -0.4 is 5.32 Å². The maximum Gasteiger partial charge on any atom is 0.127 e. The Morgan fingerprint density at radius 3 is 2.48 bits per heavy atom. The molecule has 4 heteroatoms. The number of halogens is 3. The van der Waals surface area contributed by atoms with Crippen LogP contribution in [-0.4, -0.2) is 6.54 Å². The van der Waals surface area contributed by atoms with Crippen LogP contribution in [0.4, 0.5) is 4.39 Å². The standard InChI is InChI=1S/C17H18Cl2FN/c1-4-21-17(12-6-5-7-14(18)11(12)3)13-8-10(2)16(20)9-15(13)19/h5-9,17,21H,4H2,1-3H3. The fraction of sp³-hybridized carbons (Fsp3) is 0.294. The van der Waals surface area contributed by atoms with E-state index >= 15 is 0 Å². The lowest BCUT2D eigenvalue weighted by Gasteiger charge is -2.23. The van der Waals surface area contributed by atoms with Gasteiger partial charge in [0.2, 0.25) is 0 Å². The van der Waals surface area contributed by atoms with E-state index in [1.165, 1.54) is 6.07 Å². The molecule has 0 spiro atoms. The van der Waals surface area contributed by atoms with Crippen LogP contribution in [0.1, 0.15) is 35.2 Å². The number of nitrogens with one attached hydrogen (secondary N) is 1. The Kier molecular flexibility index (Phi) is 5.26. The summed E-state index contributed by atoms with van der Waals surface area (Å²) in [5.74, 6) is -0.290. The molecule has 1 N–H and O–H groups in total. The Hall–Kier alpha value is -1.09. The van der Waals surface area contributed by atoms with Crippen molar-refractivity contribution in [1.29, 1.82) is 0 Å². The van der Waals surface area contributed by atoms with Gasteiger partial charge in [-0.2, -0.15) is 0 Å². The predicted molar refractivity (Wildman–Crippen MR) is 87.9 cm³/mol. The zero-order chi connectivity index (χ0) is 15.6. The molecule has 0 amide bonds. The monoisotopic (exact) mass is 325 g/mol. The predicted octanol–water partition coefficient (Wildman–Crippen LogP) is 5.45. The number of rotatable bonds is 4. The number of hydrogen-bond acceptors (Lipinski definition) is 1. The molecule has 0 saturated carbocycles. The van der Waals surface area contributed by atoms with E-state index in [1.54, 1.807) is 13.0 Å². The molecule has 1 unspecified atom stereocenters. The van der Waals surface area contributed by atoms with E-state index in [0.717, 1.165) is 23.2 Å². The van der Waals surface area contributed by atoms with Crippen LogP contribution in [0.3, 0.4) is 0 Å². The fourth-order valence-electron chi connectivity index (χ4n) is 2.43. The molecule has 2 aromatic rings. The molecule has 0 saturated heterocycles. The van der Waals surface area contributed by atoms with Gasteiger partial charge in [0.25, 0.3) is 0 Å². The van der Waals surface area contributed by atoms with E-state index in [9.17, 15) is 4.39 Å². The molecular formula is C17H18Cl2FN. The van der Waals surface area contributed by atoms with Crippen molar-refractivity contribution >= 4 is 23.2 Å². The smallest absolute Gasteiger partial charge is 0.127 e. The van der Waals surface area contributed by atoms with Gasteiger partial charge in [-0.05, 0) is 60.8 Å². The van der Waals surface area contributed by atoms with Crippen molar-refractivity contribution in [2.75, 3.05) is 6.54 Å². The number of aryl methyl sites for hydroxylation is 1. The van der Waals surface area contributed by atoms with Gasteiger partial charge in [-0.3, -0.25) is 0 Å². The van der Waals surface area contributed by atoms with Gasteiger partial charge < -0.3 is 5.32 Å². The van der Waals surface area contributed by atoms with Crippen LogP contribution in [0.5, 0.6) is 0 Å². The molecule has 0 fully saturated rings. The minimum atomic E-state index is -0.290. The third-order valence-corrected chi connectivity index (χ3v) is 4.35. The van der Waals surface area contributed by atoms with E-state index < -0.39 is 0 Å². The van der Waals surface area contributed by atoms with Crippen LogP contribution in [0.25, 0.3) is 0 Å². The van der Waals surface area contributed by atoms with Gasteiger partial charge in [-0.25, -0.2) is 4.39 Å². The molecule has 1 nitrogen and oxygen atoms in total. The lowest BCUT2D eigenvalue weighted by molar-refractivity contribution is 0.605. The summed E-state index contributed by atoms with van der Waals surface area (Å²) in [5, 5.41) is 4.54. The van der Waals surface area contributed by atoms with Gasteiger partial charge in [0.15, 0.2) is 0 Å². The fourth-order valence-corrected chi connectivity index (χ4v) is 2.87. The van der Waals surface area contributed by atoms with Crippen molar-refractivity contribution in [2.45, 2.75) is 26.8 Å². The van der Waals surface area contributed by atoms with Crippen LogP contribution >= 0.6 is 23.2 Å². The van der Waals surface area contributed by atoms with Gasteiger partial charge in [-0.15, -0.1) is 0 Å². The van der Waals surface area contributed by atoms with Crippen LogP contribution in [0.2, 0.25) is 10.0 Å². The minimum Gasteiger partial charge on any atom is -0.306 e. The van der Waals surface area contributed by atoms with Crippen molar-refractivity contribution < 1.29 is 4.39 Å². The zero-order valence-electron chi connectivity index (χ0n) is 12.3. The van der Waals surface area contributed by atoms with E-state index in [4.69, 9.17) is 23.2 Å². The van der Waals surface area contributed by atoms with Crippen molar-refractivity contribution in [3.8, 4) is 0 Å². The molecular weight excluding hydrogens is 308 g/mol. The second-order valence-electron chi connectivity index (χ2n) is 5.07. The average Bonchev–Trinajstić information content (AvgIpc) is 2.44. The lowest BCUT2D eigenvalue weighted by Crippen LogP contribution is -2.23. The molecule has 1 atom stereocenters. The maximum absolute atomic E-state index is 13.6. The first-order valence-electron chi connectivity index (χ1n) is 6.89. The summed E-state index contributed by atoms with van der Waals surface area (Å²) in [7, 11) is 0. The Labute approximate surface area is 135 Å². The topological polar surface area (TPSA) is 12.0 Å². The zero-order valence-corrected chi connectivity index (χ0v) is 13.8. The van der Waals surface area contributed by atoms with Crippen molar-refractivity contribution in [2.24, 2.45) is 0 Å². The second kappa shape index (κ2) is 6.78. The van der Waals surface area contributed by atoms with E-state index in [-0.39, 0.29) is 11.9 Å². The van der Waals surface area contributed by atoms with Crippen molar-refractivity contribution in [3.05, 3.63) is 68.4 Å². The summed E-state index contributed by atoms with van der Waals surface area (Å²) in [6.07, 6.45) is 0. The quantitative estimate of drug-likeness (QED) is 0.788. The Bertz CT molecular complexity index is 655. The van der Waals surface area contributed by atoms with Gasteiger partial charge in [0.05, 0.1) is 6.04 Å². The number of benzene rings is 2. The summed E-state index contributed by atoms with van der Waals surface area (Å²) in [5.41, 5.74) is 3.50. The normalized spacial score (nSPS) is 12.5. The van der Waals surface area contributed by atoms with Crippen LogP contribution in [0, 0.1) is 19.7 Å². The molecule has 0 heterocycles. The average molecular weight is 326 g/mol. The maximum atomic E-state index is 13.6. The minimum absolute atomic E-state index is 0.111. The van der Waals surface area contributed by atoms with Gasteiger partial charge in [0.1, 0.15) is 5.82 Å². The Balaban J connectivity index is 2.59. The summed E-state index contributed by atoms with van der Waals surface area (Å²) in [6, 6.07) is 8.85. The first kappa shape index (κ1) is 16.3. The molecule has 0 aromatic heterocycles. The third-order valence-electron chi connectivity index (χ3n) is 3.62. The summed E-state index contributed by atoms with van der Waals surface area (Å²) >= 11 is 12.5.